The molecule has 1 aliphatic heterocycles. The largest absolute Gasteiger partial charge is 0.351 e. The van der Waals surface area contributed by atoms with E-state index in [4.69, 9.17) is 0 Å². The molecule has 118 valence electrons. The number of hydrogen-bond donors (Lipinski definition) is 2. The van der Waals surface area contributed by atoms with Gasteiger partial charge in [-0.05, 0) is 67.2 Å². The van der Waals surface area contributed by atoms with Crippen molar-refractivity contribution in [1.82, 2.24) is 10.6 Å². The number of hydrogen-bond acceptors (Lipinski definition) is 2. The summed E-state index contributed by atoms with van der Waals surface area (Å²) in [7, 11) is 0. The molecule has 0 spiro atoms. The van der Waals surface area contributed by atoms with E-state index in [1.54, 1.807) is 0 Å². The molecule has 0 radical (unpaired) electrons. The molecule has 4 fully saturated rings. The summed E-state index contributed by atoms with van der Waals surface area (Å²) in [5, 5.41) is 7.00. The van der Waals surface area contributed by atoms with Crippen LogP contribution in [-0.4, -0.2) is 24.5 Å². The van der Waals surface area contributed by atoms with Gasteiger partial charge in [-0.1, -0.05) is 27.2 Å². The molecule has 21 heavy (non-hydrogen) atoms. The summed E-state index contributed by atoms with van der Waals surface area (Å²) < 4.78 is 0. The van der Waals surface area contributed by atoms with Gasteiger partial charge in [-0.25, -0.2) is 0 Å². The number of carbonyl (C=O) groups is 1. The predicted molar refractivity (Wildman–Crippen MR) is 83.8 cm³/mol. The van der Waals surface area contributed by atoms with Gasteiger partial charge in [0, 0.05) is 6.04 Å². The molecular weight excluding hydrogens is 260 g/mol. The normalized spacial score (nSPS) is 50.3. The average molecular weight is 290 g/mol. The molecule has 1 saturated heterocycles. The minimum Gasteiger partial charge on any atom is -0.351 e. The monoisotopic (exact) mass is 290 g/mol. The molecule has 0 aromatic heterocycles. The van der Waals surface area contributed by atoms with E-state index in [1.807, 2.05) is 0 Å². The zero-order valence-corrected chi connectivity index (χ0v) is 13.7. The third-order valence-corrected chi connectivity index (χ3v) is 7.58. The number of rotatable bonds is 2. The van der Waals surface area contributed by atoms with Crippen LogP contribution in [0, 0.1) is 28.6 Å². The minimum absolute atomic E-state index is 0.0797. The van der Waals surface area contributed by atoms with Crippen molar-refractivity contribution < 1.29 is 4.79 Å². The van der Waals surface area contributed by atoms with Crippen molar-refractivity contribution in [3.63, 3.8) is 0 Å². The van der Waals surface area contributed by atoms with E-state index in [0.29, 0.717) is 17.4 Å². The van der Waals surface area contributed by atoms with Gasteiger partial charge in [0.1, 0.15) is 0 Å². The summed E-state index contributed by atoms with van der Waals surface area (Å²) in [6, 6.07) is 0.439. The summed E-state index contributed by atoms with van der Waals surface area (Å²) in [5.74, 6) is 2.43. The van der Waals surface area contributed by atoms with E-state index < -0.39 is 0 Å². The van der Waals surface area contributed by atoms with E-state index >= 15 is 0 Å². The zero-order valence-electron chi connectivity index (χ0n) is 13.7. The van der Waals surface area contributed by atoms with Crippen LogP contribution >= 0.6 is 0 Å². The van der Waals surface area contributed by atoms with Gasteiger partial charge in [-0.2, -0.15) is 0 Å². The fourth-order valence-corrected chi connectivity index (χ4v) is 6.37. The van der Waals surface area contributed by atoms with Gasteiger partial charge >= 0.3 is 0 Å². The Labute approximate surface area is 128 Å². The fourth-order valence-electron chi connectivity index (χ4n) is 6.37. The van der Waals surface area contributed by atoms with Gasteiger partial charge < -0.3 is 10.6 Å². The maximum atomic E-state index is 12.9. The maximum absolute atomic E-state index is 12.9. The van der Waals surface area contributed by atoms with Crippen molar-refractivity contribution in [1.29, 1.82) is 0 Å². The number of carbonyl (C=O) groups excluding carboxylic acids is 1. The van der Waals surface area contributed by atoms with Gasteiger partial charge in [0.15, 0.2) is 0 Å². The minimum atomic E-state index is 0.0797. The fraction of sp³-hybridized carbons (Fsp3) is 0.944. The molecule has 3 aliphatic carbocycles. The first-order valence-electron chi connectivity index (χ1n) is 8.95. The third-order valence-electron chi connectivity index (χ3n) is 7.58. The smallest absolute Gasteiger partial charge is 0.237 e. The van der Waals surface area contributed by atoms with Crippen LogP contribution in [-0.2, 0) is 4.79 Å². The van der Waals surface area contributed by atoms with E-state index in [2.05, 4.69) is 31.4 Å². The van der Waals surface area contributed by atoms with Gasteiger partial charge in [0.2, 0.25) is 5.91 Å². The lowest BCUT2D eigenvalue weighted by Gasteiger charge is -2.43. The lowest BCUT2D eigenvalue weighted by molar-refractivity contribution is -0.126. The van der Waals surface area contributed by atoms with Crippen LogP contribution < -0.4 is 10.6 Å². The SMILES string of the molecule is CC12CCC(C1)C(C)(C)C2NC(=O)C1NCC2CCCC21. The molecule has 4 aliphatic rings. The molecular formula is C18H30N2O. The Kier molecular flexibility index (Phi) is 2.99. The second-order valence-corrected chi connectivity index (χ2v) is 9.10. The molecule has 6 atom stereocenters. The third kappa shape index (κ3) is 1.92. The van der Waals surface area contributed by atoms with Crippen LogP contribution in [0.5, 0.6) is 0 Å². The van der Waals surface area contributed by atoms with Gasteiger partial charge in [-0.15, -0.1) is 0 Å². The summed E-state index contributed by atoms with van der Waals surface area (Å²) in [5.41, 5.74) is 0.591. The molecule has 1 amide bonds. The molecule has 2 N–H and O–H groups in total. The van der Waals surface area contributed by atoms with Gasteiger partial charge in [0.05, 0.1) is 6.04 Å². The Bertz CT molecular complexity index is 455. The second kappa shape index (κ2) is 4.47. The van der Waals surface area contributed by atoms with Crippen LogP contribution in [0.3, 0.4) is 0 Å². The Morgan fingerprint density at radius 2 is 2.00 bits per heavy atom. The summed E-state index contributed by atoms with van der Waals surface area (Å²) in [4.78, 5) is 12.9. The molecule has 0 aromatic carbocycles. The van der Waals surface area contributed by atoms with E-state index in [0.717, 1.165) is 18.4 Å². The van der Waals surface area contributed by atoms with Crippen LogP contribution in [0.25, 0.3) is 0 Å². The van der Waals surface area contributed by atoms with Crippen molar-refractivity contribution in [2.24, 2.45) is 28.6 Å². The standard InChI is InChI=1S/C18H30N2O/c1-17(2)12-7-8-18(3,9-12)16(17)20-15(21)14-13-6-4-5-11(13)10-19-14/h11-14,16,19H,4-10H2,1-3H3,(H,20,21). The first-order chi connectivity index (χ1) is 9.92. The number of fused-ring (bicyclic) bond motifs is 3. The Morgan fingerprint density at radius 1 is 1.19 bits per heavy atom. The Morgan fingerprint density at radius 3 is 2.71 bits per heavy atom. The molecule has 2 bridgehead atoms. The molecule has 3 nitrogen and oxygen atoms in total. The van der Waals surface area contributed by atoms with Gasteiger partial charge in [0.25, 0.3) is 0 Å². The van der Waals surface area contributed by atoms with Crippen molar-refractivity contribution in [2.45, 2.75) is 71.4 Å². The maximum Gasteiger partial charge on any atom is 0.237 e. The van der Waals surface area contributed by atoms with Crippen molar-refractivity contribution in [3.8, 4) is 0 Å². The van der Waals surface area contributed by atoms with Crippen molar-refractivity contribution in [2.75, 3.05) is 6.54 Å². The first-order valence-corrected chi connectivity index (χ1v) is 8.95. The van der Waals surface area contributed by atoms with Crippen LogP contribution in [0.1, 0.15) is 59.3 Å². The molecule has 3 heteroatoms. The van der Waals surface area contributed by atoms with Gasteiger partial charge in [-0.3, -0.25) is 4.79 Å². The predicted octanol–water partition coefficient (Wildman–Crippen LogP) is 2.71. The highest BCUT2D eigenvalue weighted by Crippen LogP contribution is 2.62. The van der Waals surface area contributed by atoms with Crippen molar-refractivity contribution >= 4 is 5.91 Å². The summed E-state index contributed by atoms with van der Waals surface area (Å²) >= 11 is 0. The molecule has 1 heterocycles. The van der Waals surface area contributed by atoms with E-state index in [1.165, 1.54) is 38.5 Å². The van der Waals surface area contributed by atoms with E-state index in [9.17, 15) is 4.79 Å². The Hall–Kier alpha value is -0.570. The lowest BCUT2D eigenvalue weighted by Crippen LogP contribution is -2.56. The van der Waals surface area contributed by atoms with Crippen LogP contribution in [0.15, 0.2) is 0 Å². The molecule has 6 unspecified atom stereocenters. The topological polar surface area (TPSA) is 41.1 Å². The summed E-state index contributed by atoms with van der Waals surface area (Å²) in [6.45, 7) is 8.19. The molecule has 0 aromatic rings. The lowest BCUT2D eigenvalue weighted by atomic mass is 9.68. The average Bonchev–Trinajstić information content (AvgIpc) is 3.11. The van der Waals surface area contributed by atoms with Crippen LogP contribution in [0.4, 0.5) is 0 Å². The highest BCUT2D eigenvalue weighted by molar-refractivity contribution is 5.83. The van der Waals surface area contributed by atoms with E-state index in [-0.39, 0.29) is 17.4 Å². The van der Waals surface area contributed by atoms with Crippen LogP contribution in [0.2, 0.25) is 0 Å². The zero-order chi connectivity index (χ0) is 14.8. The highest BCUT2D eigenvalue weighted by atomic mass is 16.2. The molecule has 4 rings (SSSR count). The Balaban J connectivity index is 1.49. The number of amides is 1. The summed E-state index contributed by atoms with van der Waals surface area (Å²) in [6.07, 6.45) is 7.81. The first kappa shape index (κ1) is 14.0. The highest BCUT2D eigenvalue weighted by Gasteiger charge is 2.60. The number of nitrogens with one attached hydrogen (secondary N) is 2. The molecule has 3 saturated carbocycles. The second-order valence-electron chi connectivity index (χ2n) is 9.10. The van der Waals surface area contributed by atoms with Crippen molar-refractivity contribution in [3.05, 3.63) is 0 Å². The quantitative estimate of drug-likeness (QED) is 0.821.